The van der Waals surface area contributed by atoms with Crippen LogP contribution in [0.2, 0.25) is 0 Å². The SMILES string of the molecule is CCN(CC)S(=O)(=O)c1ccc(F)c(C(=O)NCc2cccc(Cn3cncn3)c2)c1. The number of nitrogens with one attached hydrogen (secondary N) is 1. The first-order valence-corrected chi connectivity index (χ1v) is 11.3. The zero-order valence-electron chi connectivity index (χ0n) is 17.3. The fourth-order valence-electron chi connectivity index (χ4n) is 3.17. The molecule has 0 aliphatic carbocycles. The third kappa shape index (κ3) is 5.33. The highest BCUT2D eigenvalue weighted by molar-refractivity contribution is 7.89. The number of sulfonamides is 1. The van der Waals surface area contributed by atoms with Crippen molar-refractivity contribution in [1.82, 2.24) is 24.4 Å². The van der Waals surface area contributed by atoms with Gasteiger partial charge in [-0.05, 0) is 29.3 Å². The first kappa shape index (κ1) is 22.6. The van der Waals surface area contributed by atoms with E-state index >= 15 is 0 Å². The van der Waals surface area contributed by atoms with Gasteiger partial charge in [0, 0.05) is 19.6 Å². The van der Waals surface area contributed by atoms with Crippen LogP contribution in [-0.4, -0.2) is 46.5 Å². The van der Waals surface area contributed by atoms with Gasteiger partial charge in [-0.3, -0.25) is 4.79 Å². The maximum atomic E-state index is 14.3. The van der Waals surface area contributed by atoms with E-state index in [4.69, 9.17) is 0 Å². The lowest BCUT2D eigenvalue weighted by molar-refractivity contribution is 0.0946. The lowest BCUT2D eigenvalue weighted by atomic mass is 10.1. The second-order valence-electron chi connectivity index (χ2n) is 6.83. The van der Waals surface area contributed by atoms with Crippen molar-refractivity contribution in [3.05, 3.63) is 77.6 Å². The molecule has 1 heterocycles. The Morgan fingerprint density at radius 3 is 2.55 bits per heavy atom. The minimum atomic E-state index is -3.80. The van der Waals surface area contributed by atoms with Crippen molar-refractivity contribution in [2.24, 2.45) is 0 Å². The molecule has 1 N–H and O–H groups in total. The van der Waals surface area contributed by atoms with Crippen molar-refractivity contribution in [3.63, 3.8) is 0 Å². The van der Waals surface area contributed by atoms with Crippen LogP contribution in [0.3, 0.4) is 0 Å². The Bertz CT molecular complexity index is 1150. The summed E-state index contributed by atoms with van der Waals surface area (Å²) in [6.45, 7) is 4.69. The highest BCUT2D eigenvalue weighted by Crippen LogP contribution is 2.19. The Labute approximate surface area is 180 Å². The molecule has 164 valence electrons. The average molecular weight is 446 g/mol. The van der Waals surface area contributed by atoms with Gasteiger partial charge in [0.25, 0.3) is 5.91 Å². The molecule has 0 saturated carbocycles. The molecule has 0 saturated heterocycles. The van der Waals surface area contributed by atoms with Crippen molar-refractivity contribution >= 4 is 15.9 Å². The molecule has 0 fully saturated rings. The van der Waals surface area contributed by atoms with Crippen molar-refractivity contribution in [2.75, 3.05) is 13.1 Å². The summed E-state index contributed by atoms with van der Waals surface area (Å²) >= 11 is 0. The van der Waals surface area contributed by atoms with Crippen molar-refractivity contribution in [2.45, 2.75) is 31.8 Å². The van der Waals surface area contributed by atoms with Crippen LogP contribution >= 0.6 is 0 Å². The van der Waals surface area contributed by atoms with Crippen molar-refractivity contribution in [1.29, 1.82) is 0 Å². The Morgan fingerprint density at radius 2 is 1.87 bits per heavy atom. The third-order valence-electron chi connectivity index (χ3n) is 4.78. The van der Waals surface area contributed by atoms with E-state index in [-0.39, 0.29) is 30.1 Å². The highest BCUT2D eigenvalue weighted by atomic mass is 32.2. The summed E-state index contributed by atoms with van der Waals surface area (Å²) in [7, 11) is -3.80. The molecule has 0 unspecified atom stereocenters. The maximum Gasteiger partial charge on any atom is 0.254 e. The molecule has 3 aromatic rings. The van der Waals surface area contributed by atoms with Gasteiger partial charge in [0.05, 0.1) is 17.0 Å². The Balaban J connectivity index is 1.74. The number of hydrogen-bond donors (Lipinski definition) is 1. The molecule has 2 aromatic carbocycles. The number of benzene rings is 2. The predicted octanol–water partition coefficient (Wildman–Crippen LogP) is 2.43. The molecular weight excluding hydrogens is 421 g/mol. The zero-order valence-corrected chi connectivity index (χ0v) is 18.1. The number of nitrogens with zero attached hydrogens (tertiary/aromatic N) is 4. The number of rotatable bonds is 9. The largest absolute Gasteiger partial charge is 0.348 e. The molecule has 0 bridgehead atoms. The molecule has 0 atom stereocenters. The molecule has 3 rings (SSSR count). The summed E-state index contributed by atoms with van der Waals surface area (Å²) in [5, 5.41) is 6.71. The number of halogens is 1. The number of aromatic nitrogens is 3. The minimum absolute atomic E-state index is 0.113. The summed E-state index contributed by atoms with van der Waals surface area (Å²) in [5.74, 6) is -1.47. The predicted molar refractivity (Wildman–Crippen MR) is 113 cm³/mol. The van der Waals surface area contributed by atoms with Gasteiger partial charge in [-0.1, -0.05) is 38.1 Å². The lowest BCUT2D eigenvalue weighted by Gasteiger charge is -2.19. The summed E-state index contributed by atoms with van der Waals surface area (Å²) < 4.78 is 42.6. The van der Waals surface area contributed by atoms with Crippen LogP contribution in [0.1, 0.15) is 35.3 Å². The second-order valence-corrected chi connectivity index (χ2v) is 8.76. The molecule has 0 spiro atoms. The van der Waals surface area contributed by atoms with Gasteiger partial charge in [0.1, 0.15) is 18.5 Å². The maximum absolute atomic E-state index is 14.3. The van der Waals surface area contributed by atoms with E-state index in [2.05, 4.69) is 15.4 Å². The number of hydrogen-bond acceptors (Lipinski definition) is 5. The van der Waals surface area contributed by atoms with E-state index in [0.29, 0.717) is 6.54 Å². The van der Waals surface area contributed by atoms with Crippen LogP contribution in [0.4, 0.5) is 4.39 Å². The van der Waals surface area contributed by atoms with E-state index in [1.807, 2.05) is 24.3 Å². The van der Waals surface area contributed by atoms with E-state index in [1.165, 1.54) is 16.7 Å². The van der Waals surface area contributed by atoms with Gasteiger partial charge in [-0.15, -0.1) is 0 Å². The second kappa shape index (κ2) is 9.80. The molecule has 1 amide bonds. The molecule has 0 radical (unpaired) electrons. The standard InChI is InChI=1S/C21H24FN5O3S/c1-3-27(4-2)31(29,30)18-8-9-20(22)19(11-18)21(28)24-12-16-6-5-7-17(10-16)13-26-15-23-14-25-26/h5-11,14-15H,3-4,12-13H2,1-2H3,(H,24,28). The summed E-state index contributed by atoms with van der Waals surface area (Å²) in [4.78, 5) is 16.4. The number of carbonyl (C=O) groups excluding carboxylic acids is 1. The van der Waals surface area contributed by atoms with E-state index in [0.717, 1.165) is 23.3 Å². The Morgan fingerprint density at radius 1 is 1.13 bits per heavy atom. The summed E-state index contributed by atoms with van der Waals surface area (Å²) in [6.07, 6.45) is 3.06. The minimum Gasteiger partial charge on any atom is -0.348 e. The van der Waals surface area contributed by atoms with Gasteiger partial charge >= 0.3 is 0 Å². The van der Waals surface area contributed by atoms with Crippen LogP contribution < -0.4 is 5.32 Å². The normalized spacial score (nSPS) is 11.6. The van der Waals surface area contributed by atoms with E-state index in [9.17, 15) is 17.6 Å². The lowest BCUT2D eigenvalue weighted by Crippen LogP contribution is -2.31. The zero-order chi connectivity index (χ0) is 22.4. The van der Waals surface area contributed by atoms with Gasteiger partial charge in [0.2, 0.25) is 10.0 Å². The number of carbonyl (C=O) groups is 1. The van der Waals surface area contributed by atoms with Crippen molar-refractivity contribution in [3.8, 4) is 0 Å². The molecular formula is C21H24FN5O3S. The topological polar surface area (TPSA) is 97.2 Å². The third-order valence-corrected chi connectivity index (χ3v) is 6.83. The molecule has 10 heteroatoms. The van der Waals surface area contributed by atoms with Gasteiger partial charge < -0.3 is 5.32 Å². The fraction of sp³-hybridized carbons (Fsp3) is 0.286. The molecule has 8 nitrogen and oxygen atoms in total. The summed E-state index contributed by atoms with van der Waals surface area (Å²) in [6, 6.07) is 10.8. The monoisotopic (exact) mass is 445 g/mol. The number of amides is 1. The molecule has 1 aromatic heterocycles. The van der Waals surface area contributed by atoms with Crippen molar-refractivity contribution < 1.29 is 17.6 Å². The van der Waals surface area contributed by atoms with E-state index < -0.39 is 21.7 Å². The smallest absolute Gasteiger partial charge is 0.254 e. The van der Waals surface area contributed by atoms with Crippen LogP contribution in [-0.2, 0) is 23.1 Å². The van der Waals surface area contributed by atoms with E-state index in [1.54, 1.807) is 24.9 Å². The Kier molecular flexibility index (Phi) is 7.13. The first-order chi connectivity index (χ1) is 14.8. The molecule has 31 heavy (non-hydrogen) atoms. The van der Waals surface area contributed by atoms with Gasteiger partial charge in [-0.25, -0.2) is 22.5 Å². The first-order valence-electron chi connectivity index (χ1n) is 9.83. The Hall–Kier alpha value is -3.11. The quantitative estimate of drug-likeness (QED) is 0.546. The highest BCUT2D eigenvalue weighted by Gasteiger charge is 2.24. The van der Waals surface area contributed by atoms with Crippen LogP contribution in [0.5, 0.6) is 0 Å². The molecule has 0 aliphatic rings. The van der Waals surface area contributed by atoms with Crippen LogP contribution in [0.25, 0.3) is 0 Å². The fourth-order valence-corrected chi connectivity index (χ4v) is 4.65. The van der Waals surface area contributed by atoms with Crippen LogP contribution in [0, 0.1) is 5.82 Å². The van der Waals surface area contributed by atoms with Gasteiger partial charge in [0.15, 0.2) is 0 Å². The van der Waals surface area contributed by atoms with Crippen LogP contribution in [0.15, 0.2) is 60.0 Å². The average Bonchev–Trinajstić information content (AvgIpc) is 3.26. The summed E-state index contributed by atoms with van der Waals surface area (Å²) in [5.41, 5.74) is 1.47. The molecule has 0 aliphatic heterocycles. The van der Waals surface area contributed by atoms with Gasteiger partial charge in [-0.2, -0.15) is 9.40 Å².